The number of benzene rings is 2. The number of likely N-dealkylation sites (tertiary alicyclic amines) is 1. The summed E-state index contributed by atoms with van der Waals surface area (Å²) in [5.41, 5.74) is -0.194. The van der Waals surface area contributed by atoms with Crippen LogP contribution in [-0.4, -0.2) is 95.6 Å². The number of hydrogen-bond donors (Lipinski definition) is 2. The maximum Gasteiger partial charge on any atom is 0.353 e. The van der Waals surface area contributed by atoms with Crippen molar-refractivity contribution in [3.63, 3.8) is 0 Å². The quantitative estimate of drug-likeness (QED) is 0.260. The maximum absolute atomic E-state index is 13.5. The molecule has 2 aromatic rings. The lowest BCUT2D eigenvalue weighted by Crippen LogP contribution is -2.74. The van der Waals surface area contributed by atoms with Crippen molar-refractivity contribution in [1.29, 1.82) is 0 Å². The van der Waals surface area contributed by atoms with E-state index in [9.17, 15) is 34.2 Å². The molecule has 2 aliphatic carbocycles. The van der Waals surface area contributed by atoms with Crippen LogP contribution in [-0.2, 0) is 54.8 Å². The van der Waals surface area contributed by atoms with Crippen molar-refractivity contribution in [2.75, 3.05) is 20.7 Å². The van der Waals surface area contributed by atoms with Crippen molar-refractivity contribution in [2.24, 2.45) is 0 Å². The van der Waals surface area contributed by atoms with Gasteiger partial charge in [0.05, 0.1) is 24.5 Å². The third kappa shape index (κ3) is 5.68. The first-order valence-corrected chi connectivity index (χ1v) is 15.9. The molecule has 2 heterocycles. The third-order valence-electron chi connectivity index (χ3n) is 9.90. The number of aliphatic carboxylic acids is 1. The van der Waals surface area contributed by atoms with Crippen LogP contribution >= 0.6 is 0 Å². The Bertz CT molecular complexity index is 1720. The third-order valence-corrected chi connectivity index (χ3v) is 9.90. The summed E-state index contributed by atoms with van der Waals surface area (Å²) < 4.78 is 33.4. The van der Waals surface area contributed by atoms with Crippen molar-refractivity contribution in [3.05, 3.63) is 71.0 Å². The SMILES string of the molecule is COc1ccc2c3c1O[C@H]1C(OC(=O)C[C@H](OC(C)=O)C(=O)O[C@H](C(=O)O[C@@H](C)C(=O)O)c4ccccc4)=CC[C@@]4(O)[C@@H](C2)N(C)CC[C@]314. The maximum atomic E-state index is 13.5. The van der Waals surface area contributed by atoms with Crippen LogP contribution in [0.15, 0.2) is 54.3 Å². The molecule has 0 radical (unpaired) electrons. The lowest BCUT2D eigenvalue weighted by Gasteiger charge is -2.61. The van der Waals surface area contributed by atoms with Gasteiger partial charge in [0, 0.05) is 30.5 Å². The molecule has 1 fully saturated rings. The molecule has 7 atom stereocenters. The molecular formula is C35H37NO13. The molecule has 2 N–H and O–H groups in total. The Balaban J connectivity index is 1.24. The number of rotatable bonds is 11. The number of likely N-dealkylation sites (N-methyl/N-ethyl adjacent to an activating group) is 1. The molecule has 1 saturated heterocycles. The van der Waals surface area contributed by atoms with E-state index in [1.165, 1.54) is 19.2 Å². The van der Waals surface area contributed by atoms with Gasteiger partial charge in [-0.25, -0.2) is 14.4 Å². The Morgan fingerprint density at radius 1 is 1.04 bits per heavy atom. The minimum Gasteiger partial charge on any atom is -0.493 e. The van der Waals surface area contributed by atoms with Gasteiger partial charge in [-0.2, -0.15) is 0 Å². The zero-order valence-corrected chi connectivity index (χ0v) is 27.4. The topological polar surface area (TPSA) is 184 Å². The monoisotopic (exact) mass is 679 g/mol. The van der Waals surface area contributed by atoms with Gasteiger partial charge in [0.1, 0.15) is 5.76 Å². The fraction of sp³-hybridized carbons (Fsp3) is 0.457. The van der Waals surface area contributed by atoms with Gasteiger partial charge in [-0.1, -0.05) is 36.4 Å². The number of piperidine rings is 1. The fourth-order valence-electron chi connectivity index (χ4n) is 7.64. The molecule has 14 nitrogen and oxygen atoms in total. The smallest absolute Gasteiger partial charge is 0.353 e. The molecule has 2 aromatic carbocycles. The van der Waals surface area contributed by atoms with E-state index in [0.717, 1.165) is 25.0 Å². The highest BCUT2D eigenvalue weighted by Gasteiger charge is 2.72. The summed E-state index contributed by atoms with van der Waals surface area (Å²) in [6, 6.07) is 11.2. The van der Waals surface area contributed by atoms with Crippen LogP contribution in [0.5, 0.6) is 11.5 Å². The predicted molar refractivity (Wildman–Crippen MR) is 166 cm³/mol. The van der Waals surface area contributed by atoms with E-state index in [1.807, 2.05) is 19.2 Å². The Kier molecular flexibility index (Phi) is 8.88. The van der Waals surface area contributed by atoms with Gasteiger partial charge in [0.2, 0.25) is 12.2 Å². The summed E-state index contributed by atoms with van der Waals surface area (Å²) in [6.45, 7) is 2.81. The van der Waals surface area contributed by atoms with Gasteiger partial charge >= 0.3 is 29.8 Å². The van der Waals surface area contributed by atoms with E-state index < -0.39 is 71.7 Å². The second-order valence-corrected chi connectivity index (χ2v) is 12.7. The van der Waals surface area contributed by atoms with Gasteiger partial charge in [-0.05, 0) is 51.1 Å². The fourth-order valence-corrected chi connectivity index (χ4v) is 7.64. The van der Waals surface area contributed by atoms with Crippen LogP contribution in [0, 0.1) is 0 Å². The average Bonchev–Trinajstić information content (AvgIpc) is 3.42. The van der Waals surface area contributed by atoms with Crippen LogP contribution in [0.4, 0.5) is 0 Å². The Labute approximate surface area is 281 Å². The molecule has 260 valence electrons. The summed E-state index contributed by atoms with van der Waals surface area (Å²) in [7, 11) is 3.49. The Morgan fingerprint density at radius 2 is 1.78 bits per heavy atom. The molecule has 1 spiro atoms. The zero-order chi connectivity index (χ0) is 35.2. The van der Waals surface area contributed by atoms with Crippen molar-refractivity contribution in [3.8, 4) is 11.5 Å². The molecule has 6 rings (SSSR count). The van der Waals surface area contributed by atoms with Crippen LogP contribution in [0.25, 0.3) is 0 Å². The number of carboxylic acid groups (broad SMARTS) is 1. The molecule has 14 heteroatoms. The van der Waals surface area contributed by atoms with E-state index in [1.54, 1.807) is 24.3 Å². The first-order valence-electron chi connectivity index (χ1n) is 15.9. The number of esters is 4. The van der Waals surface area contributed by atoms with Crippen LogP contribution in [0.1, 0.15) is 55.9 Å². The molecule has 49 heavy (non-hydrogen) atoms. The van der Waals surface area contributed by atoms with Crippen molar-refractivity contribution in [1.82, 2.24) is 4.90 Å². The Hall–Kier alpha value is -4.95. The molecule has 2 aliphatic heterocycles. The zero-order valence-electron chi connectivity index (χ0n) is 27.4. The van der Waals surface area contributed by atoms with Crippen molar-refractivity contribution in [2.45, 2.75) is 81.0 Å². The summed E-state index contributed by atoms with van der Waals surface area (Å²) in [4.78, 5) is 65.3. The molecule has 0 aromatic heterocycles. The van der Waals surface area contributed by atoms with Gasteiger partial charge in [-0.15, -0.1) is 0 Å². The number of aliphatic hydroxyl groups is 1. The number of carboxylic acids is 1. The molecule has 2 bridgehead atoms. The van der Waals surface area contributed by atoms with E-state index in [0.29, 0.717) is 30.9 Å². The van der Waals surface area contributed by atoms with Gasteiger partial charge in [0.15, 0.2) is 23.7 Å². The normalized spacial score (nSPS) is 26.4. The second kappa shape index (κ2) is 12.8. The van der Waals surface area contributed by atoms with E-state index >= 15 is 0 Å². The van der Waals surface area contributed by atoms with Crippen molar-refractivity contribution >= 4 is 29.8 Å². The highest BCUT2D eigenvalue weighted by Crippen LogP contribution is 2.65. The largest absolute Gasteiger partial charge is 0.493 e. The molecule has 0 saturated carbocycles. The van der Waals surface area contributed by atoms with Gasteiger partial charge < -0.3 is 43.5 Å². The van der Waals surface area contributed by atoms with Gasteiger partial charge in [0.25, 0.3) is 0 Å². The predicted octanol–water partition coefficient (Wildman–Crippen LogP) is 2.14. The average molecular weight is 680 g/mol. The summed E-state index contributed by atoms with van der Waals surface area (Å²) in [5, 5.41) is 21.6. The Morgan fingerprint density at radius 3 is 2.45 bits per heavy atom. The van der Waals surface area contributed by atoms with E-state index in [4.69, 9.17) is 28.4 Å². The number of methoxy groups -OCH3 is 1. The van der Waals surface area contributed by atoms with Crippen LogP contribution < -0.4 is 9.47 Å². The first kappa shape index (κ1) is 33.9. The summed E-state index contributed by atoms with van der Waals surface area (Å²) >= 11 is 0. The van der Waals surface area contributed by atoms with Crippen molar-refractivity contribution < 1.29 is 62.6 Å². The highest BCUT2D eigenvalue weighted by atomic mass is 16.6. The minimum atomic E-state index is -1.84. The lowest BCUT2D eigenvalue weighted by molar-refractivity contribution is -0.184. The number of nitrogens with zero attached hydrogens (tertiary/aromatic N) is 1. The minimum absolute atomic E-state index is 0.132. The molecule has 4 aliphatic rings. The first-order chi connectivity index (χ1) is 23.3. The number of ether oxygens (including phenoxy) is 6. The number of carbonyl (C=O) groups is 5. The molecular weight excluding hydrogens is 642 g/mol. The number of carbonyl (C=O) groups excluding carboxylic acids is 4. The van der Waals surface area contributed by atoms with E-state index in [2.05, 4.69) is 4.90 Å². The van der Waals surface area contributed by atoms with Crippen LogP contribution in [0.3, 0.4) is 0 Å². The molecule has 0 amide bonds. The second-order valence-electron chi connectivity index (χ2n) is 12.7. The summed E-state index contributed by atoms with van der Waals surface area (Å²) in [6.07, 6.45) is -3.95. The highest BCUT2D eigenvalue weighted by molar-refractivity contribution is 5.88. The summed E-state index contributed by atoms with van der Waals surface area (Å²) in [5.74, 6) is -4.67. The van der Waals surface area contributed by atoms with Gasteiger partial charge in [-0.3, -0.25) is 9.59 Å². The van der Waals surface area contributed by atoms with Crippen LogP contribution in [0.2, 0.25) is 0 Å². The number of hydrogen-bond acceptors (Lipinski definition) is 13. The standard InChI is InChI=1S/C35H37NO13/c1-18(31(39)40)45-33(42)28(20-8-6-5-7-9-20)49-32(41)24(46-19(2)37)17-26(38)47-23-12-13-35(43)25-16-21-10-11-22(44-4)29-27(21)34(35,30(23)48-29)14-15-36(25)3/h5-12,18,24-25,28,30,43H,13-17H2,1-4H3,(H,39,40)/t18-,24-,25+,28-,30-,34-,35+/m0/s1. The lowest BCUT2D eigenvalue weighted by atomic mass is 9.50. The molecule has 0 unspecified atom stereocenters. The van der Waals surface area contributed by atoms with E-state index in [-0.39, 0.29) is 23.8 Å².